The molecule has 0 saturated carbocycles. The molecule has 0 radical (unpaired) electrons. The highest BCUT2D eigenvalue weighted by atomic mass is 16.5. The fraction of sp³-hybridized carbons (Fsp3) is 0.412. The molecule has 2 aromatic rings. The maximum absolute atomic E-state index is 5.59. The van der Waals surface area contributed by atoms with Gasteiger partial charge in [-0.2, -0.15) is 0 Å². The van der Waals surface area contributed by atoms with Crippen molar-refractivity contribution in [2.75, 3.05) is 18.1 Å². The van der Waals surface area contributed by atoms with E-state index in [1.54, 1.807) is 0 Å². The maximum Gasteiger partial charge on any atom is 0.226 e. The smallest absolute Gasteiger partial charge is 0.226 e. The van der Waals surface area contributed by atoms with Gasteiger partial charge in [0.25, 0.3) is 0 Å². The number of aromatic nitrogens is 2. The van der Waals surface area contributed by atoms with Gasteiger partial charge in [-0.15, -0.1) is 0 Å². The van der Waals surface area contributed by atoms with Gasteiger partial charge in [-0.1, -0.05) is 30.3 Å². The van der Waals surface area contributed by atoms with Crippen molar-refractivity contribution in [1.82, 2.24) is 9.97 Å². The molecule has 0 amide bonds. The predicted molar refractivity (Wildman–Crippen MR) is 82.3 cm³/mol. The van der Waals surface area contributed by atoms with E-state index in [2.05, 4.69) is 36.1 Å². The molecule has 4 nitrogen and oxygen atoms in total. The van der Waals surface area contributed by atoms with E-state index in [0.29, 0.717) is 12.6 Å². The van der Waals surface area contributed by atoms with Crippen LogP contribution in [0.3, 0.4) is 0 Å². The van der Waals surface area contributed by atoms with Crippen LogP contribution in [0.2, 0.25) is 0 Å². The lowest BCUT2D eigenvalue weighted by Crippen LogP contribution is -2.47. The van der Waals surface area contributed by atoms with Crippen LogP contribution >= 0.6 is 0 Å². The molecular weight excluding hydrogens is 262 g/mol. The molecule has 2 aliphatic heterocycles. The van der Waals surface area contributed by atoms with Gasteiger partial charge in [0, 0.05) is 23.7 Å². The van der Waals surface area contributed by atoms with E-state index >= 15 is 0 Å². The van der Waals surface area contributed by atoms with Gasteiger partial charge in [-0.25, -0.2) is 9.97 Å². The second kappa shape index (κ2) is 5.11. The Kier molecular flexibility index (Phi) is 3.11. The lowest BCUT2D eigenvalue weighted by molar-refractivity contribution is 0.107. The number of nitrogens with zero attached hydrogens (tertiary/aromatic N) is 3. The topological polar surface area (TPSA) is 38.2 Å². The van der Waals surface area contributed by atoms with Gasteiger partial charge in [-0.3, -0.25) is 0 Å². The highest BCUT2D eigenvalue weighted by Gasteiger charge is 2.28. The quantitative estimate of drug-likeness (QED) is 0.848. The van der Waals surface area contributed by atoms with Crippen LogP contribution < -0.4 is 4.90 Å². The predicted octanol–water partition coefficient (Wildman–Crippen LogP) is 2.81. The van der Waals surface area contributed by atoms with E-state index in [1.807, 2.05) is 6.07 Å². The summed E-state index contributed by atoms with van der Waals surface area (Å²) in [4.78, 5) is 11.9. The number of hydrogen-bond acceptors (Lipinski definition) is 4. The van der Waals surface area contributed by atoms with Crippen LogP contribution in [0.15, 0.2) is 30.3 Å². The van der Waals surface area contributed by atoms with Crippen molar-refractivity contribution in [2.24, 2.45) is 0 Å². The Morgan fingerprint density at radius 2 is 2.05 bits per heavy atom. The first-order valence-corrected chi connectivity index (χ1v) is 7.62. The Morgan fingerprint density at radius 1 is 1.19 bits per heavy atom. The largest absolute Gasteiger partial charge is 0.375 e. The Hall–Kier alpha value is -1.94. The Morgan fingerprint density at radius 3 is 2.76 bits per heavy atom. The molecule has 0 unspecified atom stereocenters. The average molecular weight is 281 g/mol. The fourth-order valence-electron chi connectivity index (χ4n) is 3.02. The summed E-state index contributed by atoms with van der Waals surface area (Å²) >= 11 is 0. The molecule has 0 spiro atoms. The Bertz CT molecular complexity index is 657. The van der Waals surface area contributed by atoms with E-state index in [9.17, 15) is 0 Å². The SMILES string of the molecule is C[C@H]1CCN1c1nc2c(c(-c3ccccc3)n1)CCOC2. The molecule has 0 N–H and O–H groups in total. The summed E-state index contributed by atoms with van der Waals surface area (Å²) in [5.41, 5.74) is 4.57. The van der Waals surface area contributed by atoms with Crippen molar-refractivity contribution in [1.29, 1.82) is 0 Å². The van der Waals surface area contributed by atoms with Gasteiger partial charge < -0.3 is 9.64 Å². The second-order valence-corrected chi connectivity index (χ2v) is 5.80. The number of fused-ring (bicyclic) bond motifs is 1. The van der Waals surface area contributed by atoms with E-state index in [-0.39, 0.29) is 0 Å². The van der Waals surface area contributed by atoms with Crippen molar-refractivity contribution >= 4 is 5.95 Å². The lowest BCUT2D eigenvalue weighted by Gasteiger charge is -2.39. The first kappa shape index (κ1) is 12.8. The molecule has 1 saturated heterocycles. The molecule has 1 fully saturated rings. The molecule has 4 rings (SSSR count). The van der Waals surface area contributed by atoms with Crippen molar-refractivity contribution in [2.45, 2.75) is 32.4 Å². The van der Waals surface area contributed by atoms with E-state index < -0.39 is 0 Å². The summed E-state index contributed by atoms with van der Waals surface area (Å²) in [7, 11) is 0. The zero-order valence-electron chi connectivity index (χ0n) is 12.2. The lowest BCUT2D eigenvalue weighted by atomic mass is 10.0. The maximum atomic E-state index is 5.59. The summed E-state index contributed by atoms with van der Waals surface area (Å²) in [6.07, 6.45) is 2.12. The summed E-state index contributed by atoms with van der Waals surface area (Å²) in [6, 6.07) is 11.0. The molecule has 2 aliphatic rings. The molecular formula is C17H19N3O. The molecule has 108 valence electrons. The molecule has 0 bridgehead atoms. The highest BCUT2D eigenvalue weighted by Crippen LogP contribution is 2.31. The standard InChI is InChI=1S/C17H19N3O/c1-12-7-9-20(12)17-18-15-11-21-10-8-14(15)16(19-17)13-5-3-2-4-6-13/h2-6,12H,7-11H2,1H3/t12-/m0/s1. The molecule has 1 atom stereocenters. The third kappa shape index (κ3) is 2.20. The minimum Gasteiger partial charge on any atom is -0.375 e. The Balaban J connectivity index is 1.85. The van der Waals surface area contributed by atoms with Crippen LogP contribution in [0.5, 0.6) is 0 Å². The number of rotatable bonds is 2. The number of ether oxygens (including phenoxy) is 1. The van der Waals surface area contributed by atoms with Gasteiger partial charge in [0.05, 0.1) is 24.6 Å². The minimum absolute atomic E-state index is 0.538. The average Bonchev–Trinajstić information content (AvgIpc) is 2.53. The van der Waals surface area contributed by atoms with Gasteiger partial charge in [0.1, 0.15) is 0 Å². The van der Waals surface area contributed by atoms with E-state index in [4.69, 9.17) is 14.7 Å². The van der Waals surface area contributed by atoms with Gasteiger partial charge in [-0.05, 0) is 19.8 Å². The van der Waals surface area contributed by atoms with Crippen LogP contribution in [0.1, 0.15) is 24.6 Å². The first-order chi connectivity index (χ1) is 10.3. The van der Waals surface area contributed by atoms with Gasteiger partial charge in [0.15, 0.2) is 0 Å². The molecule has 1 aromatic heterocycles. The monoisotopic (exact) mass is 281 g/mol. The van der Waals surface area contributed by atoms with Crippen LogP contribution in [-0.2, 0) is 17.8 Å². The minimum atomic E-state index is 0.538. The normalized spacial score (nSPS) is 20.8. The van der Waals surface area contributed by atoms with Gasteiger partial charge >= 0.3 is 0 Å². The zero-order chi connectivity index (χ0) is 14.2. The number of benzene rings is 1. The van der Waals surface area contributed by atoms with Crippen LogP contribution in [0.25, 0.3) is 11.3 Å². The molecule has 1 aromatic carbocycles. The van der Waals surface area contributed by atoms with Crippen molar-refractivity contribution in [3.8, 4) is 11.3 Å². The molecule has 0 aliphatic carbocycles. The molecule has 21 heavy (non-hydrogen) atoms. The van der Waals surface area contributed by atoms with E-state index in [1.165, 1.54) is 17.5 Å². The summed E-state index contributed by atoms with van der Waals surface area (Å²) < 4.78 is 5.59. The Labute approximate surface area is 124 Å². The third-order valence-corrected chi connectivity index (χ3v) is 4.44. The van der Waals surface area contributed by atoms with Crippen LogP contribution in [0.4, 0.5) is 5.95 Å². The van der Waals surface area contributed by atoms with Crippen LogP contribution in [0, 0.1) is 0 Å². The third-order valence-electron chi connectivity index (χ3n) is 4.44. The second-order valence-electron chi connectivity index (χ2n) is 5.80. The fourth-order valence-corrected chi connectivity index (χ4v) is 3.02. The van der Waals surface area contributed by atoms with Gasteiger partial charge in [0.2, 0.25) is 5.95 Å². The zero-order valence-corrected chi connectivity index (χ0v) is 12.2. The highest BCUT2D eigenvalue weighted by molar-refractivity contribution is 5.66. The van der Waals surface area contributed by atoms with Crippen molar-refractivity contribution < 1.29 is 4.74 Å². The molecule has 3 heterocycles. The van der Waals surface area contributed by atoms with Crippen molar-refractivity contribution in [3.63, 3.8) is 0 Å². The first-order valence-electron chi connectivity index (χ1n) is 7.62. The van der Waals surface area contributed by atoms with Crippen LogP contribution in [-0.4, -0.2) is 29.2 Å². The number of hydrogen-bond donors (Lipinski definition) is 0. The summed E-state index contributed by atoms with van der Waals surface area (Å²) in [5.74, 6) is 0.858. The number of anilines is 1. The molecule has 4 heteroatoms. The van der Waals surface area contributed by atoms with Crippen molar-refractivity contribution in [3.05, 3.63) is 41.6 Å². The van der Waals surface area contributed by atoms with E-state index in [0.717, 1.165) is 36.9 Å². The summed E-state index contributed by atoms with van der Waals surface area (Å²) in [5, 5.41) is 0. The summed E-state index contributed by atoms with van der Waals surface area (Å²) in [6.45, 7) is 4.64.